The van der Waals surface area contributed by atoms with Crippen LogP contribution in [0.15, 0.2) is 115 Å². The Kier molecular flexibility index (Phi) is 4.04. The van der Waals surface area contributed by atoms with E-state index in [-0.39, 0.29) is 0 Å². The van der Waals surface area contributed by atoms with Gasteiger partial charge in [0.25, 0.3) is 0 Å². The molecule has 7 aromatic rings. The summed E-state index contributed by atoms with van der Waals surface area (Å²) in [5.41, 5.74) is 11.4. The molecule has 0 aliphatic carbocycles. The third-order valence-electron chi connectivity index (χ3n) is 8.63. The summed E-state index contributed by atoms with van der Waals surface area (Å²) in [6.45, 7) is 2.28. The summed E-state index contributed by atoms with van der Waals surface area (Å²) in [5.74, 6) is 0. The van der Waals surface area contributed by atoms with Gasteiger partial charge in [-0.25, -0.2) is 0 Å². The second kappa shape index (κ2) is 7.43. The second-order valence-electron chi connectivity index (χ2n) is 10.6. The zero-order valence-corrected chi connectivity index (χ0v) is 22.6. The third kappa shape index (κ3) is 2.58. The molecule has 5 heterocycles. The second-order valence-corrected chi connectivity index (χ2v) is 13.5. The van der Waals surface area contributed by atoms with Crippen LogP contribution in [0.5, 0.6) is 0 Å². The van der Waals surface area contributed by atoms with Gasteiger partial charge < -0.3 is 17.7 Å². The van der Waals surface area contributed by atoms with E-state index in [1.807, 2.05) is 0 Å². The number of hydrogen-bond donors (Lipinski definition) is 1. The Morgan fingerprint density at radius 3 is 1.59 bits per heavy atom. The number of para-hydroxylation sites is 4. The molecule has 186 valence electrons. The number of rotatable bonds is 1. The summed E-state index contributed by atoms with van der Waals surface area (Å²) in [7, 11) is -3.05. The van der Waals surface area contributed by atoms with Gasteiger partial charge in [0.05, 0.1) is 11.4 Å². The van der Waals surface area contributed by atoms with Crippen LogP contribution in [0.4, 0.5) is 5.69 Å². The molecule has 4 nitrogen and oxygen atoms in total. The Labute approximate surface area is 227 Å². The topological polar surface area (TPSA) is 26.8 Å². The van der Waals surface area contributed by atoms with Crippen LogP contribution in [0.1, 0.15) is 24.6 Å². The Hall–Kier alpha value is -4.74. The molecule has 0 bridgehead atoms. The van der Waals surface area contributed by atoms with E-state index in [1.165, 1.54) is 66.6 Å². The van der Waals surface area contributed by atoms with Crippen molar-refractivity contribution in [3.05, 3.63) is 127 Å². The normalized spacial score (nSPS) is 14.9. The van der Waals surface area contributed by atoms with Gasteiger partial charge in [-0.15, -0.1) is 0 Å². The first kappa shape index (κ1) is 21.2. The van der Waals surface area contributed by atoms with Crippen molar-refractivity contribution in [2.45, 2.75) is 13.3 Å². The van der Waals surface area contributed by atoms with Crippen molar-refractivity contribution in [2.75, 3.05) is 4.98 Å². The number of allylic oxidation sites excluding steroid dienone is 1. The lowest BCUT2D eigenvalue weighted by Crippen LogP contribution is -2.63. The fraction of sp³-hybridized carbons (Fsp3) is 0.0588. The number of nitrogens with one attached hydrogen (secondary N) is 1. The number of aromatic nitrogens is 3. The number of fused-ring (bicyclic) bond motifs is 14. The fourth-order valence-electron chi connectivity index (χ4n) is 7.02. The van der Waals surface area contributed by atoms with Crippen LogP contribution >= 0.6 is 0 Å². The maximum absolute atomic E-state index is 4.31. The largest absolute Gasteiger partial charge is 0.514 e. The number of hydrogen-bond acceptors (Lipinski definition) is 1. The van der Waals surface area contributed by atoms with E-state index in [1.54, 1.807) is 0 Å². The molecule has 0 unspecified atom stereocenters. The van der Waals surface area contributed by atoms with Crippen LogP contribution in [0, 0.1) is 0 Å². The van der Waals surface area contributed by atoms with Gasteiger partial charge in [-0.05, 0) is 82.3 Å². The Balaban J connectivity index is 1.57. The molecule has 0 atom stereocenters. The van der Waals surface area contributed by atoms with Gasteiger partial charge in [-0.2, -0.15) is 0 Å². The molecule has 2 aliphatic rings. The van der Waals surface area contributed by atoms with Crippen molar-refractivity contribution in [1.82, 2.24) is 12.7 Å². The lowest BCUT2D eigenvalue weighted by Gasteiger charge is -2.37. The summed E-state index contributed by atoms with van der Waals surface area (Å²) >= 11 is 0. The van der Waals surface area contributed by atoms with E-state index >= 15 is 0 Å². The first-order chi connectivity index (χ1) is 19.3. The van der Waals surface area contributed by atoms with E-state index in [0.29, 0.717) is 0 Å². The zero-order valence-electron chi connectivity index (χ0n) is 21.6. The lowest BCUT2D eigenvalue weighted by atomic mass is 10.0. The van der Waals surface area contributed by atoms with E-state index in [2.05, 4.69) is 146 Å². The van der Waals surface area contributed by atoms with Crippen molar-refractivity contribution >= 4 is 58.8 Å². The molecule has 2 aliphatic heterocycles. The summed E-state index contributed by atoms with van der Waals surface area (Å²) in [5, 5.41) is 3.82. The van der Waals surface area contributed by atoms with Crippen LogP contribution in [0.25, 0.3) is 55.7 Å². The molecule has 1 N–H and O–H groups in total. The zero-order chi connectivity index (χ0) is 25.7. The van der Waals surface area contributed by atoms with Crippen molar-refractivity contribution in [2.24, 2.45) is 0 Å². The minimum absolute atomic E-state index is 0.952. The van der Waals surface area contributed by atoms with E-state index in [0.717, 1.165) is 6.42 Å². The highest BCUT2D eigenvalue weighted by Gasteiger charge is 2.54. The Morgan fingerprint density at radius 1 is 0.564 bits per heavy atom. The Morgan fingerprint density at radius 2 is 1.03 bits per heavy atom. The monoisotopic (exact) mass is 518 g/mol. The molecule has 0 amide bonds. The highest BCUT2D eigenvalue weighted by molar-refractivity contribution is 6.83. The van der Waals surface area contributed by atoms with E-state index < -0.39 is 8.72 Å². The first-order valence-corrected chi connectivity index (χ1v) is 15.5. The van der Waals surface area contributed by atoms with E-state index in [4.69, 9.17) is 0 Å². The molecule has 1 spiro atoms. The van der Waals surface area contributed by atoms with Crippen LogP contribution in [0.2, 0.25) is 0 Å². The molecular weight excluding hydrogens is 492 g/mol. The number of nitrogens with zero attached hydrogens (tertiary/aromatic N) is 3. The molecular formula is C34H26N4Si. The van der Waals surface area contributed by atoms with Gasteiger partial charge in [-0.1, -0.05) is 79.7 Å². The molecule has 0 saturated heterocycles. The summed E-state index contributed by atoms with van der Waals surface area (Å²) in [6.07, 6.45) is 3.33. The predicted molar refractivity (Wildman–Crippen MR) is 165 cm³/mol. The van der Waals surface area contributed by atoms with Crippen molar-refractivity contribution in [3.8, 4) is 11.4 Å². The summed E-state index contributed by atoms with van der Waals surface area (Å²) < 4.78 is 8.01. The molecule has 4 aromatic carbocycles. The molecule has 3 aromatic heterocycles. The molecule has 0 saturated carbocycles. The number of benzene rings is 4. The minimum atomic E-state index is -3.05. The first-order valence-electron chi connectivity index (χ1n) is 13.7. The van der Waals surface area contributed by atoms with Gasteiger partial charge in [0.2, 0.25) is 0 Å². The lowest BCUT2D eigenvalue weighted by molar-refractivity contribution is 0.986. The molecule has 0 radical (unpaired) electrons. The standard InChI is InChI=1S/C34H26N4Si/c1-2-23-19-24-11-3-7-15-28(24)35-39(36-29-16-8-4-12-25(29)20-32(23)36)37-30-17-9-5-13-26(30)21-33(37)34-22-27-14-6-10-18-31(27)38(34)39/h3-22,35H,2H2,1H3. The van der Waals surface area contributed by atoms with Crippen molar-refractivity contribution in [3.63, 3.8) is 0 Å². The van der Waals surface area contributed by atoms with Crippen LogP contribution < -0.4 is 4.98 Å². The van der Waals surface area contributed by atoms with Crippen molar-refractivity contribution in [1.29, 1.82) is 0 Å². The SMILES string of the molecule is CCC1=Cc2ccccc2N[Si]2(n3c1cc1ccccc13)n1c(cc3ccccc31)-c1cc3ccccc3n12. The Bertz CT molecular complexity index is 2080. The van der Waals surface area contributed by atoms with Gasteiger partial charge in [-0.3, -0.25) is 0 Å². The molecule has 9 rings (SSSR count). The molecule has 39 heavy (non-hydrogen) atoms. The maximum Gasteiger partial charge on any atom is 0.514 e. The average molecular weight is 519 g/mol. The summed E-state index contributed by atoms with van der Waals surface area (Å²) in [6, 6.07) is 42.6. The van der Waals surface area contributed by atoms with Crippen LogP contribution in [-0.2, 0) is 0 Å². The highest BCUT2D eigenvalue weighted by Crippen LogP contribution is 2.47. The van der Waals surface area contributed by atoms with Gasteiger partial charge in [0, 0.05) is 27.9 Å². The highest BCUT2D eigenvalue weighted by atomic mass is 28.4. The van der Waals surface area contributed by atoms with Crippen LogP contribution in [-0.4, -0.2) is 21.4 Å². The minimum Gasteiger partial charge on any atom is -0.359 e. The predicted octanol–water partition coefficient (Wildman–Crippen LogP) is 8.29. The summed E-state index contributed by atoms with van der Waals surface area (Å²) in [4.78, 5) is 4.31. The average Bonchev–Trinajstić information content (AvgIpc) is 3.70. The molecule has 5 heteroatoms. The van der Waals surface area contributed by atoms with Crippen LogP contribution in [0.3, 0.4) is 0 Å². The van der Waals surface area contributed by atoms with Gasteiger partial charge in [0.15, 0.2) is 0 Å². The maximum atomic E-state index is 4.31. The van der Waals surface area contributed by atoms with Crippen molar-refractivity contribution < 1.29 is 0 Å². The number of anilines is 1. The fourth-order valence-corrected chi connectivity index (χ4v) is 11.7. The van der Waals surface area contributed by atoms with Gasteiger partial charge in [0.1, 0.15) is 0 Å². The third-order valence-corrected chi connectivity index (χ3v) is 12.6. The molecule has 0 fully saturated rings. The van der Waals surface area contributed by atoms with Gasteiger partial charge >= 0.3 is 8.72 Å². The van der Waals surface area contributed by atoms with E-state index in [9.17, 15) is 0 Å². The quantitative estimate of drug-likeness (QED) is 0.218. The smallest absolute Gasteiger partial charge is 0.359 e.